The van der Waals surface area contributed by atoms with Crippen LogP contribution in [0.1, 0.15) is 26.2 Å². The van der Waals surface area contributed by atoms with Gasteiger partial charge in [-0.2, -0.15) is 0 Å². The molecule has 5 heteroatoms. The van der Waals surface area contributed by atoms with Crippen molar-refractivity contribution in [3.8, 4) is 0 Å². The summed E-state index contributed by atoms with van der Waals surface area (Å²) in [5.41, 5.74) is 0. The number of carbonyl (C=O) groups is 2. The van der Waals surface area contributed by atoms with Gasteiger partial charge in [0.15, 0.2) is 5.79 Å². The molecule has 1 saturated carbocycles. The Morgan fingerprint density at radius 1 is 1.50 bits per heavy atom. The zero-order valence-electron chi connectivity index (χ0n) is 9.36. The van der Waals surface area contributed by atoms with Gasteiger partial charge in [0.05, 0.1) is 26.2 Å². The molecule has 0 aromatic carbocycles. The number of hydrogen-bond donors (Lipinski definition) is 0. The Kier molecular flexibility index (Phi) is 3.25. The number of carbonyl (C=O) groups excluding carboxylic acids is 2. The lowest BCUT2D eigenvalue weighted by Crippen LogP contribution is -2.49. The van der Waals surface area contributed by atoms with Crippen molar-refractivity contribution in [2.75, 3.05) is 19.8 Å². The van der Waals surface area contributed by atoms with Gasteiger partial charge in [0.1, 0.15) is 11.7 Å². The third-order valence-electron chi connectivity index (χ3n) is 3.03. The summed E-state index contributed by atoms with van der Waals surface area (Å²) in [6.45, 7) is 2.96. The van der Waals surface area contributed by atoms with E-state index in [9.17, 15) is 9.59 Å². The van der Waals surface area contributed by atoms with E-state index in [2.05, 4.69) is 0 Å². The number of ketones is 1. The van der Waals surface area contributed by atoms with Gasteiger partial charge >= 0.3 is 5.97 Å². The number of rotatable bonds is 2. The molecule has 2 fully saturated rings. The second-order valence-corrected chi connectivity index (χ2v) is 4.07. The van der Waals surface area contributed by atoms with Crippen LogP contribution in [-0.4, -0.2) is 37.4 Å². The predicted octanol–water partition coefficient (Wildman–Crippen LogP) is 0.662. The molecule has 5 nitrogen and oxygen atoms in total. The molecular weight excluding hydrogens is 212 g/mol. The van der Waals surface area contributed by atoms with Crippen molar-refractivity contribution < 1.29 is 23.8 Å². The Balaban J connectivity index is 2.15. The fourth-order valence-corrected chi connectivity index (χ4v) is 2.33. The molecule has 2 aliphatic rings. The van der Waals surface area contributed by atoms with Crippen molar-refractivity contribution in [2.24, 2.45) is 5.92 Å². The zero-order chi connectivity index (χ0) is 11.6. The average Bonchev–Trinajstić information content (AvgIpc) is 2.67. The molecule has 1 heterocycles. The van der Waals surface area contributed by atoms with Gasteiger partial charge in [0.25, 0.3) is 0 Å². The van der Waals surface area contributed by atoms with E-state index in [4.69, 9.17) is 14.2 Å². The van der Waals surface area contributed by atoms with Crippen LogP contribution in [0.2, 0.25) is 0 Å². The summed E-state index contributed by atoms with van der Waals surface area (Å²) in [5, 5.41) is 0. The lowest BCUT2D eigenvalue weighted by molar-refractivity contribution is -0.219. The molecule has 1 spiro atoms. The number of hydrogen-bond acceptors (Lipinski definition) is 5. The van der Waals surface area contributed by atoms with Gasteiger partial charge in [-0.1, -0.05) is 0 Å². The second kappa shape index (κ2) is 4.51. The lowest BCUT2D eigenvalue weighted by Gasteiger charge is -2.36. The largest absolute Gasteiger partial charge is 0.466 e. The van der Waals surface area contributed by atoms with E-state index in [0.29, 0.717) is 32.7 Å². The fraction of sp³-hybridized carbons (Fsp3) is 0.818. The minimum Gasteiger partial charge on any atom is -0.466 e. The molecular formula is C11H16O5. The summed E-state index contributed by atoms with van der Waals surface area (Å²) in [6.07, 6.45) is 1.02. The fourth-order valence-electron chi connectivity index (χ4n) is 2.33. The highest BCUT2D eigenvalue weighted by Gasteiger charge is 2.52. The summed E-state index contributed by atoms with van der Waals surface area (Å²) >= 11 is 0. The van der Waals surface area contributed by atoms with E-state index in [1.807, 2.05) is 0 Å². The first-order valence-corrected chi connectivity index (χ1v) is 5.64. The molecule has 0 amide bonds. The summed E-state index contributed by atoms with van der Waals surface area (Å²) in [6, 6.07) is 0. The predicted molar refractivity (Wildman–Crippen MR) is 53.6 cm³/mol. The van der Waals surface area contributed by atoms with Gasteiger partial charge in [-0.3, -0.25) is 9.59 Å². The first-order chi connectivity index (χ1) is 7.68. The second-order valence-electron chi connectivity index (χ2n) is 4.07. The van der Waals surface area contributed by atoms with Crippen LogP contribution in [-0.2, 0) is 23.8 Å². The highest BCUT2D eigenvalue weighted by molar-refractivity contribution is 5.84. The van der Waals surface area contributed by atoms with Crippen LogP contribution >= 0.6 is 0 Å². The number of Topliss-reactive ketones (excluding diaryl/α,β-unsaturated/α-hetero) is 1. The average molecular weight is 228 g/mol. The third kappa shape index (κ3) is 1.97. The molecule has 0 aromatic heterocycles. The van der Waals surface area contributed by atoms with E-state index in [1.54, 1.807) is 6.92 Å². The highest BCUT2D eigenvalue weighted by Crippen LogP contribution is 2.39. The molecule has 1 aliphatic carbocycles. The van der Waals surface area contributed by atoms with Crippen molar-refractivity contribution in [3.05, 3.63) is 0 Å². The van der Waals surface area contributed by atoms with Crippen molar-refractivity contribution >= 4 is 11.8 Å². The topological polar surface area (TPSA) is 61.8 Å². The van der Waals surface area contributed by atoms with Crippen LogP contribution in [0.4, 0.5) is 0 Å². The highest BCUT2D eigenvalue weighted by atomic mass is 16.7. The third-order valence-corrected chi connectivity index (χ3v) is 3.03. The summed E-state index contributed by atoms with van der Waals surface area (Å²) in [7, 11) is 0. The van der Waals surface area contributed by atoms with E-state index in [-0.39, 0.29) is 18.2 Å². The summed E-state index contributed by atoms with van der Waals surface area (Å²) in [4.78, 5) is 23.2. The molecule has 1 aliphatic heterocycles. The minimum absolute atomic E-state index is 0.0856. The maximum atomic E-state index is 11.8. The monoisotopic (exact) mass is 228 g/mol. The van der Waals surface area contributed by atoms with Crippen LogP contribution in [0, 0.1) is 5.92 Å². The van der Waals surface area contributed by atoms with Crippen molar-refractivity contribution in [1.82, 2.24) is 0 Å². The van der Waals surface area contributed by atoms with E-state index in [0.717, 1.165) is 0 Å². The minimum atomic E-state index is -1.04. The maximum Gasteiger partial charge on any atom is 0.314 e. The molecule has 0 bridgehead atoms. The Morgan fingerprint density at radius 2 is 2.19 bits per heavy atom. The lowest BCUT2D eigenvalue weighted by atomic mass is 9.82. The van der Waals surface area contributed by atoms with Crippen molar-refractivity contribution in [2.45, 2.75) is 32.0 Å². The molecule has 2 rings (SSSR count). The van der Waals surface area contributed by atoms with Crippen molar-refractivity contribution in [3.63, 3.8) is 0 Å². The van der Waals surface area contributed by atoms with Gasteiger partial charge in [-0.25, -0.2) is 0 Å². The van der Waals surface area contributed by atoms with Gasteiger partial charge in [-0.05, 0) is 13.3 Å². The van der Waals surface area contributed by atoms with Crippen LogP contribution < -0.4 is 0 Å². The van der Waals surface area contributed by atoms with Gasteiger partial charge < -0.3 is 14.2 Å². The zero-order valence-corrected chi connectivity index (χ0v) is 9.36. The molecule has 1 saturated heterocycles. The Labute approximate surface area is 94.0 Å². The molecule has 0 aromatic rings. The Hall–Kier alpha value is -0.940. The van der Waals surface area contributed by atoms with E-state index >= 15 is 0 Å². The maximum absolute atomic E-state index is 11.8. The van der Waals surface area contributed by atoms with Gasteiger partial charge in [0.2, 0.25) is 0 Å². The Morgan fingerprint density at radius 3 is 2.81 bits per heavy atom. The molecule has 16 heavy (non-hydrogen) atoms. The molecule has 0 radical (unpaired) electrons. The number of ether oxygens (including phenoxy) is 3. The van der Waals surface area contributed by atoms with Crippen LogP contribution in [0.3, 0.4) is 0 Å². The number of esters is 1. The first-order valence-electron chi connectivity index (χ1n) is 5.64. The van der Waals surface area contributed by atoms with E-state index < -0.39 is 11.7 Å². The van der Waals surface area contributed by atoms with Crippen molar-refractivity contribution in [1.29, 1.82) is 0 Å². The Bertz CT molecular complexity index is 293. The van der Waals surface area contributed by atoms with Gasteiger partial charge in [-0.15, -0.1) is 0 Å². The van der Waals surface area contributed by atoms with Gasteiger partial charge in [0, 0.05) is 6.42 Å². The molecule has 1 unspecified atom stereocenters. The smallest absolute Gasteiger partial charge is 0.314 e. The van der Waals surface area contributed by atoms with E-state index in [1.165, 1.54) is 0 Å². The normalized spacial score (nSPS) is 28.3. The quantitative estimate of drug-likeness (QED) is 0.650. The first kappa shape index (κ1) is 11.5. The summed E-state index contributed by atoms with van der Waals surface area (Å²) < 4.78 is 16.0. The van der Waals surface area contributed by atoms with Crippen LogP contribution in [0.25, 0.3) is 0 Å². The summed E-state index contributed by atoms with van der Waals surface area (Å²) in [5.74, 6) is -1.74. The molecule has 1 atom stereocenters. The standard InChI is InChI=1S/C11H16O5/c1-2-14-10(13)9-4-3-8(12)7-11(9)15-5-6-16-11/h9H,2-7H2,1H3. The van der Waals surface area contributed by atoms with Crippen LogP contribution in [0.15, 0.2) is 0 Å². The molecule has 0 N–H and O–H groups in total. The molecule has 90 valence electrons. The SMILES string of the molecule is CCOC(=O)C1CCC(=O)CC12OCCO2. The van der Waals surface area contributed by atoms with Crippen LogP contribution in [0.5, 0.6) is 0 Å².